The first-order valence-electron chi connectivity index (χ1n) is 7.49. The average Bonchev–Trinajstić information content (AvgIpc) is 2.75. The average molecular weight is 281 g/mol. The lowest BCUT2D eigenvalue weighted by Crippen LogP contribution is -2.57. The van der Waals surface area contributed by atoms with Gasteiger partial charge in [0.1, 0.15) is 5.01 Å². The van der Waals surface area contributed by atoms with Crippen LogP contribution < -0.4 is 5.32 Å². The predicted octanol–water partition coefficient (Wildman–Crippen LogP) is 3.05. The lowest BCUT2D eigenvalue weighted by molar-refractivity contribution is 0.0884. The molecule has 1 aliphatic heterocycles. The molecule has 1 N–H and O–H groups in total. The van der Waals surface area contributed by atoms with Gasteiger partial charge in [-0.1, -0.05) is 27.2 Å². The number of rotatable bonds is 5. The highest BCUT2D eigenvalue weighted by Gasteiger charge is 2.29. The zero-order valence-corrected chi connectivity index (χ0v) is 13.5. The predicted molar refractivity (Wildman–Crippen MR) is 82.6 cm³/mol. The Morgan fingerprint density at radius 3 is 2.89 bits per heavy atom. The molecule has 1 saturated heterocycles. The van der Waals surface area contributed by atoms with E-state index in [0.29, 0.717) is 18.0 Å². The Hall–Kier alpha value is -0.450. The second kappa shape index (κ2) is 6.82. The molecular formula is C15H27N3S. The van der Waals surface area contributed by atoms with Crippen molar-refractivity contribution in [1.82, 2.24) is 15.2 Å². The minimum atomic E-state index is 0.636. The van der Waals surface area contributed by atoms with Crippen molar-refractivity contribution in [2.75, 3.05) is 13.1 Å². The molecule has 0 radical (unpaired) electrons. The SMILES string of the molecule is CCCC1CN(Cc2ncc(C)s2)C(C(C)C)CN1. The second-order valence-corrected chi connectivity index (χ2v) is 7.32. The van der Waals surface area contributed by atoms with E-state index in [1.807, 2.05) is 17.5 Å². The molecule has 1 fully saturated rings. The van der Waals surface area contributed by atoms with Gasteiger partial charge >= 0.3 is 0 Å². The third-order valence-electron chi connectivity index (χ3n) is 3.95. The zero-order chi connectivity index (χ0) is 13.8. The molecule has 3 nitrogen and oxygen atoms in total. The first-order valence-corrected chi connectivity index (χ1v) is 8.30. The lowest BCUT2D eigenvalue weighted by Gasteiger charge is -2.42. The first-order chi connectivity index (χ1) is 9.10. The third kappa shape index (κ3) is 4.01. The molecule has 0 bridgehead atoms. The van der Waals surface area contributed by atoms with Gasteiger partial charge in [0.05, 0.1) is 6.54 Å². The molecule has 0 amide bonds. The minimum Gasteiger partial charge on any atom is -0.311 e. The number of thiazole rings is 1. The van der Waals surface area contributed by atoms with Crippen LogP contribution in [0, 0.1) is 12.8 Å². The van der Waals surface area contributed by atoms with E-state index in [9.17, 15) is 0 Å². The Morgan fingerprint density at radius 1 is 1.53 bits per heavy atom. The van der Waals surface area contributed by atoms with E-state index in [-0.39, 0.29) is 0 Å². The molecule has 0 saturated carbocycles. The minimum absolute atomic E-state index is 0.636. The molecular weight excluding hydrogens is 254 g/mol. The van der Waals surface area contributed by atoms with Crippen LogP contribution in [0.25, 0.3) is 0 Å². The second-order valence-electron chi connectivity index (χ2n) is 6.00. The van der Waals surface area contributed by atoms with Gasteiger partial charge in [-0.2, -0.15) is 0 Å². The number of hydrogen-bond donors (Lipinski definition) is 1. The number of aryl methyl sites for hydroxylation is 1. The summed E-state index contributed by atoms with van der Waals surface area (Å²) in [5.41, 5.74) is 0. The smallest absolute Gasteiger partial charge is 0.107 e. The molecule has 1 aliphatic rings. The summed E-state index contributed by atoms with van der Waals surface area (Å²) in [6.45, 7) is 12.4. The maximum Gasteiger partial charge on any atom is 0.107 e. The van der Waals surface area contributed by atoms with Crippen molar-refractivity contribution in [2.24, 2.45) is 5.92 Å². The van der Waals surface area contributed by atoms with Gasteiger partial charge in [-0.15, -0.1) is 11.3 Å². The van der Waals surface area contributed by atoms with Crippen molar-refractivity contribution in [3.63, 3.8) is 0 Å². The highest BCUT2D eigenvalue weighted by atomic mass is 32.1. The number of nitrogens with zero attached hydrogens (tertiary/aromatic N) is 2. The fourth-order valence-electron chi connectivity index (χ4n) is 2.93. The van der Waals surface area contributed by atoms with Crippen molar-refractivity contribution in [1.29, 1.82) is 0 Å². The number of piperazine rings is 1. The van der Waals surface area contributed by atoms with Crippen molar-refractivity contribution >= 4 is 11.3 Å². The van der Waals surface area contributed by atoms with Crippen LogP contribution in [0.2, 0.25) is 0 Å². The third-order valence-corrected chi connectivity index (χ3v) is 4.85. The first kappa shape index (κ1) is 14.9. The van der Waals surface area contributed by atoms with E-state index >= 15 is 0 Å². The van der Waals surface area contributed by atoms with Crippen molar-refractivity contribution in [2.45, 2.75) is 59.2 Å². The molecule has 0 aliphatic carbocycles. The van der Waals surface area contributed by atoms with E-state index in [0.717, 1.165) is 19.6 Å². The van der Waals surface area contributed by atoms with Crippen LogP contribution in [0.3, 0.4) is 0 Å². The molecule has 2 unspecified atom stereocenters. The largest absolute Gasteiger partial charge is 0.311 e. The molecule has 2 atom stereocenters. The maximum absolute atomic E-state index is 4.53. The molecule has 1 aromatic rings. The highest BCUT2D eigenvalue weighted by Crippen LogP contribution is 2.21. The van der Waals surface area contributed by atoms with Crippen LogP contribution in [0.5, 0.6) is 0 Å². The maximum atomic E-state index is 4.53. The van der Waals surface area contributed by atoms with Gasteiger partial charge in [0.15, 0.2) is 0 Å². The topological polar surface area (TPSA) is 28.2 Å². The van der Waals surface area contributed by atoms with Gasteiger partial charge in [0, 0.05) is 36.2 Å². The van der Waals surface area contributed by atoms with E-state index in [1.165, 1.54) is 22.7 Å². The molecule has 2 rings (SSSR count). The van der Waals surface area contributed by atoms with Gasteiger partial charge in [0.25, 0.3) is 0 Å². The Kier molecular flexibility index (Phi) is 5.37. The van der Waals surface area contributed by atoms with Crippen molar-refractivity contribution in [3.8, 4) is 0 Å². The summed E-state index contributed by atoms with van der Waals surface area (Å²) in [5.74, 6) is 0.691. The Morgan fingerprint density at radius 2 is 2.32 bits per heavy atom. The standard InChI is InChI=1S/C15H27N3S/c1-5-6-13-9-18(14(8-16-13)11(2)3)10-15-17-7-12(4)19-15/h7,11,13-14,16H,5-6,8-10H2,1-4H3. The van der Waals surface area contributed by atoms with E-state index in [2.05, 4.69) is 42.9 Å². The zero-order valence-electron chi connectivity index (χ0n) is 12.6. The lowest BCUT2D eigenvalue weighted by atomic mass is 9.97. The molecule has 108 valence electrons. The van der Waals surface area contributed by atoms with E-state index in [4.69, 9.17) is 0 Å². The fourth-order valence-corrected chi connectivity index (χ4v) is 3.74. The molecule has 2 heterocycles. The van der Waals surface area contributed by atoms with Crippen LogP contribution in [0.1, 0.15) is 43.5 Å². The van der Waals surface area contributed by atoms with Crippen molar-refractivity contribution in [3.05, 3.63) is 16.1 Å². The summed E-state index contributed by atoms with van der Waals surface area (Å²) in [4.78, 5) is 8.49. The van der Waals surface area contributed by atoms with Gasteiger partial charge in [0.2, 0.25) is 0 Å². The monoisotopic (exact) mass is 281 g/mol. The highest BCUT2D eigenvalue weighted by molar-refractivity contribution is 7.11. The molecule has 1 aromatic heterocycles. The molecule has 4 heteroatoms. The molecule has 0 spiro atoms. The Balaban J connectivity index is 2.02. The van der Waals surface area contributed by atoms with Crippen LogP contribution in [0.15, 0.2) is 6.20 Å². The number of hydrogen-bond acceptors (Lipinski definition) is 4. The van der Waals surface area contributed by atoms with Gasteiger partial charge in [-0.05, 0) is 19.3 Å². The number of nitrogens with one attached hydrogen (secondary N) is 1. The summed E-state index contributed by atoms with van der Waals surface area (Å²) in [6.07, 6.45) is 4.53. The Labute approximate surface area is 121 Å². The molecule has 0 aromatic carbocycles. The van der Waals surface area contributed by atoms with Crippen LogP contribution in [-0.2, 0) is 6.54 Å². The van der Waals surface area contributed by atoms with Crippen LogP contribution in [0.4, 0.5) is 0 Å². The quantitative estimate of drug-likeness (QED) is 0.899. The van der Waals surface area contributed by atoms with Crippen LogP contribution in [-0.4, -0.2) is 35.1 Å². The number of aromatic nitrogens is 1. The summed E-state index contributed by atoms with van der Waals surface area (Å²) in [7, 11) is 0. The van der Waals surface area contributed by atoms with E-state index in [1.54, 1.807) is 0 Å². The normalized spacial score (nSPS) is 25.1. The van der Waals surface area contributed by atoms with Gasteiger partial charge in [-0.25, -0.2) is 4.98 Å². The summed E-state index contributed by atoms with van der Waals surface area (Å²) >= 11 is 1.84. The molecule has 19 heavy (non-hydrogen) atoms. The van der Waals surface area contributed by atoms with Gasteiger partial charge in [-0.3, -0.25) is 4.90 Å². The Bertz CT molecular complexity index is 388. The summed E-state index contributed by atoms with van der Waals surface area (Å²) < 4.78 is 0. The summed E-state index contributed by atoms with van der Waals surface area (Å²) in [5, 5.41) is 4.98. The van der Waals surface area contributed by atoms with Crippen molar-refractivity contribution < 1.29 is 0 Å². The van der Waals surface area contributed by atoms with Crippen LogP contribution >= 0.6 is 11.3 Å². The van der Waals surface area contributed by atoms with E-state index < -0.39 is 0 Å². The van der Waals surface area contributed by atoms with Gasteiger partial charge < -0.3 is 5.32 Å². The fraction of sp³-hybridized carbons (Fsp3) is 0.800. The summed E-state index contributed by atoms with van der Waals surface area (Å²) in [6, 6.07) is 1.29.